The van der Waals surface area contributed by atoms with Gasteiger partial charge in [-0.1, -0.05) is 6.07 Å². The highest BCUT2D eigenvalue weighted by Gasteiger charge is 2.32. The molecule has 0 saturated heterocycles. The van der Waals surface area contributed by atoms with Crippen LogP contribution in [0, 0.1) is 0 Å². The summed E-state index contributed by atoms with van der Waals surface area (Å²) in [5.41, 5.74) is 4.38. The number of nitrogens with one attached hydrogen (secondary N) is 3. The highest BCUT2D eigenvalue weighted by molar-refractivity contribution is 9.11. The third-order valence-corrected chi connectivity index (χ3v) is 6.60. The van der Waals surface area contributed by atoms with E-state index in [9.17, 15) is 14.4 Å². The fourth-order valence-corrected chi connectivity index (χ4v) is 5.17. The Morgan fingerprint density at radius 2 is 1.85 bits per heavy atom. The molecule has 2 aromatic carbocycles. The van der Waals surface area contributed by atoms with E-state index in [1.54, 1.807) is 32.0 Å². The van der Waals surface area contributed by atoms with Crippen LogP contribution in [-0.2, 0) is 14.3 Å². The molecule has 0 aliphatic carbocycles. The zero-order chi connectivity index (χ0) is 29.4. The summed E-state index contributed by atoms with van der Waals surface area (Å²) in [7, 11) is 1.44. The molecule has 11 nitrogen and oxygen atoms in total. The zero-order valence-electron chi connectivity index (χ0n) is 22.6. The van der Waals surface area contributed by atoms with Gasteiger partial charge in [0.1, 0.15) is 5.75 Å². The minimum Gasteiger partial charge on any atom is -0.493 e. The standard InChI is InChI=1S/C27H30Br2N4O7/c1-6-38-26(35)23-15(4)31-27(36)32-24(23)17-7-8-20(21(11-17)37-5)39-13-22(34)33-30-12-16-9-18(28)25(19(29)10-16)40-14(2)3/h7-12,14,24H,6,13H2,1-5H3,(H,33,34)(H2,31,32,36)/b30-12+/t24-/m0/s1. The van der Waals surface area contributed by atoms with Crippen LogP contribution in [0.1, 0.15) is 44.9 Å². The largest absolute Gasteiger partial charge is 0.493 e. The summed E-state index contributed by atoms with van der Waals surface area (Å²) in [4.78, 5) is 37.0. The third kappa shape index (κ3) is 7.98. The molecule has 214 valence electrons. The first-order valence-electron chi connectivity index (χ1n) is 12.3. The molecule has 0 unspecified atom stereocenters. The van der Waals surface area contributed by atoms with Crippen LogP contribution in [0.5, 0.6) is 17.2 Å². The van der Waals surface area contributed by atoms with Gasteiger partial charge in [0.05, 0.1) is 46.6 Å². The number of methoxy groups -OCH3 is 1. The Kier molecular flexibility index (Phi) is 11.0. The first kappa shape index (κ1) is 31.0. The van der Waals surface area contributed by atoms with E-state index in [-0.39, 0.29) is 30.6 Å². The quantitative estimate of drug-likeness (QED) is 0.177. The average Bonchev–Trinajstić information content (AvgIpc) is 2.89. The molecule has 0 aromatic heterocycles. The molecule has 1 aliphatic rings. The topological polar surface area (TPSA) is 137 Å². The van der Waals surface area contributed by atoms with Crippen molar-refractivity contribution < 1.29 is 33.3 Å². The number of esters is 1. The highest BCUT2D eigenvalue weighted by Crippen LogP contribution is 2.36. The molecule has 1 aliphatic heterocycles. The van der Waals surface area contributed by atoms with Crippen molar-refractivity contribution in [3.63, 3.8) is 0 Å². The van der Waals surface area contributed by atoms with E-state index < -0.39 is 23.9 Å². The molecular weight excluding hydrogens is 652 g/mol. The first-order valence-corrected chi connectivity index (χ1v) is 13.9. The van der Waals surface area contributed by atoms with Crippen LogP contribution < -0.4 is 30.3 Å². The molecule has 0 radical (unpaired) electrons. The van der Waals surface area contributed by atoms with Gasteiger partial charge in [0.2, 0.25) is 0 Å². The van der Waals surface area contributed by atoms with Crippen LogP contribution in [0.4, 0.5) is 4.79 Å². The summed E-state index contributed by atoms with van der Waals surface area (Å²) in [5.74, 6) is 0.233. The maximum absolute atomic E-state index is 12.6. The lowest BCUT2D eigenvalue weighted by atomic mass is 9.95. The number of carbonyl (C=O) groups is 3. The molecule has 0 spiro atoms. The molecule has 0 fully saturated rings. The van der Waals surface area contributed by atoms with E-state index in [1.165, 1.54) is 13.3 Å². The number of hydrogen-bond acceptors (Lipinski definition) is 8. The van der Waals surface area contributed by atoms with E-state index in [1.807, 2.05) is 26.0 Å². The van der Waals surface area contributed by atoms with Crippen molar-refractivity contribution in [2.24, 2.45) is 5.10 Å². The van der Waals surface area contributed by atoms with Crippen LogP contribution in [0.15, 0.2) is 55.6 Å². The maximum atomic E-state index is 12.6. The molecule has 40 heavy (non-hydrogen) atoms. The lowest BCUT2D eigenvalue weighted by Crippen LogP contribution is -2.45. The summed E-state index contributed by atoms with van der Waals surface area (Å²) < 4.78 is 23.5. The van der Waals surface area contributed by atoms with Crippen molar-refractivity contribution in [2.45, 2.75) is 39.8 Å². The van der Waals surface area contributed by atoms with Crippen LogP contribution in [0.25, 0.3) is 0 Å². The summed E-state index contributed by atoms with van der Waals surface area (Å²) in [6, 6.07) is 7.29. The van der Waals surface area contributed by atoms with Crippen molar-refractivity contribution in [2.75, 3.05) is 20.3 Å². The molecule has 1 atom stereocenters. The van der Waals surface area contributed by atoms with Gasteiger partial charge in [-0.3, -0.25) is 4.79 Å². The predicted octanol–water partition coefficient (Wildman–Crippen LogP) is 4.73. The molecule has 0 bridgehead atoms. The molecule has 3 amide bonds. The van der Waals surface area contributed by atoms with E-state index in [0.29, 0.717) is 22.8 Å². The molecule has 2 aromatic rings. The first-order chi connectivity index (χ1) is 19.0. The van der Waals surface area contributed by atoms with Crippen LogP contribution >= 0.6 is 31.9 Å². The molecule has 0 saturated carbocycles. The Morgan fingerprint density at radius 1 is 1.15 bits per heavy atom. The number of urea groups is 1. The minimum absolute atomic E-state index is 0.00904. The number of allylic oxidation sites excluding steroid dienone is 1. The zero-order valence-corrected chi connectivity index (χ0v) is 25.8. The third-order valence-electron chi connectivity index (χ3n) is 5.42. The minimum atomic E-state index is -0.764. The van der Waals surface area contributed by atoms with E-state index >= 15 is 0 Å². The van der Waals surface area contributed by atoms with Crippen molar-refractivity contribution in [1.29, 1.82) is 0 Å². The van der Waals surface area contributed by atoms with Crippen molar-refractivity contribution >= 4 is 56.0 Å². The van der Waals surface area contributed by atoms with Crippen LogP contribution in [0.3, 0.4) is 0 Å². The van der Waals surface area contributed by atoms with Gasteiger partial charge in [0, 0.05) is 5.70 Å². The van der Waals surface area contributed by atoms with E-state index in [4.69, 9.17) is 18.9 Å². The van der Waals surface area contributed by atoms with Gasteiger partial charge in [-0.15, -0.1) is 0 Å². The number of ether oxygens (including phenoxy) is 4. The van der Waals surface area contributed by atoms with Crippen molar-refractivity contribution in [1.82, 2.24) is 16.1 Å². The van der Waals surface area contributed by atoms with Gasteiger partial charge in [-0.2, -0.15) is 5.10 Å². The number of hydrazone groups is 1. The Morgan fingerprint density at radius 3 is 2.48 bits per heavy atom. The molecule has 13 heteroatoms. The maximum Gasteiger partial charge on any atom is 0.338 e. The molecule has 3 rings (SSSR count). The molecule has 3 N–H and O–H groups in total. The second kappa shape index (κ2) is 14.2. The summed E-state index contributed by atoms with van der Waals surface area (Å²) in [6.07, 6.45) is 1.50. The van der Waals surface area contributed by atoms with E-state index in [2.05, 4.69) is 53.0 Å². The van der Waals surface area contributed by atoms with Crippen molar-refractivity contribution in [3.05, 3.63) is 61.7 Å². The fourth-order valence-electron chi connectivity index (χ4n) is 3.76. The number of rotatable bonds is 11. The van der Waals surface area contributed by atoms with Gasteiger partial charge < -0.3 is 29.6 Å². The summed E-state index contributed by atoms with van der Waals surface area (Å²) in [5, 5.41) is 9.30. The number of benzene rings is 2. The monoisotopic (exact) mass is 680 g/mol. The number of nitrogens with zero attached hydrogens (tertiary/aromatic N) is 1. The van der Waals surface area contributed by atoms with Crippen LogP contribution in [0.2, 0.25) is 0 Å². The Bertz CT molecular complexity index is 1320. The van der Waals surface area contributed by atoms with Gasteiger partial charge in [-0.05, 0) is 94.9 Å². The van der Waals surface area contributed by atoms with Crippen LogP contribution in [-0.4, -0.2) is 50.5 Å². The summed E-state index contributed by atoms with van der Waals surface area (Å²) in [6.45, 7) is 7.05. The SMILES string of the molecule is CCOC(=O)C1=C(C)NC(=O)N[C@H]1c1ccc(OCC(=O)N/N=C/c2cc(Br)c(OC(C)C)c(Br)c2)c(OC)c1. The second-order valence-electron chi connectivity index (χ2n) is 8.76. The Labute approximate surface area is 248 Å². The Balaban J connectivity index is 1.66. The van der Waals surface area contributed by atoms with E-state index in [0.717, 1.165) is 14.5 Å². The number of amides is 3. The molecular formula is C27H30Br2N4O7. The highest BCUT2D eigenvalue weighted by atomic mass is 79.9. The van der Waals surface area contributed by atoms with Gasteiger partial charge >= 0.3 is 12.0 Å². The number of halogens is 2. The number of hydrogen-bond donors (Lipinski definition) is 3. The normalized spacial score (nSPS) is 15.0. The van der Waals surface area contributed by atoms with Gasteiger partial charge in [0.25, 0.3) is 5.91 Å². The summed E-state index contributed by atoms with van der Waals surface area (Å²) >= 11 is 6.96. The molecule has 1 heterocycles. The Hall–Kier alpha value is -3.58. The fraction of sp³-hybridized carbons (Fsp3) is 0.333. The predicted molar refractivity (Wildman–Crippen MR) is 156 cm³/mol. The second-order valence-corrected chi connectivity index (χ2v) is 10.5. The van der Waals surface area contributed by atoms with Gasteiger partial charge in [0.15, 0.2) is 18.1 Å². The lowest BCUT2D eigenvalue weighted by Gasteiger charge is -2.28. The number of carbonyl (C=O) groups excluding carboxylic acids is 3. The average molecular weight is 682 g/mol. The lowest BCUT2D eigenvalue weighted by molar-refractivity contribution is -0.139. The smallest absolute Gasteiger partial charge is 0.338 e. The van der Waals surface area contributed by atoms with Gasteiger partial charge in [-0.25, -0.2) is 15.0 Å². The van der Waals surface area contributed by atoms with Crippen molar-refractivity contribution in [3.8, 4) is 17.2 Å².